The molecule has 2 amide bonds. The number of hydrogen-bond donors (Lipinski definition) is 2. The number of ether oxygens (including phenoxy) is 4. The maximum absolute atomic E-state index is 12.4. The number of amides is 2. The molecule has 0 aliphatic carbocycles. The van der Waals surface area contributed by atoms with E-state index in [0.717, 1.165) is 17.9 Å². The summed E-state index contributed by atoms with van der Waals surface area (Å²) in [5, 5.41) is 6.06. The maximum Gasteiger partial charge on any atom is 0.315 e. The van der Waals surface area contributed by atoms with E-state index in [4.69, 9.17) is 18.9 Å². The van der Waals surface area contributed by atoms with Crippen molar-refractivity contribution in [2.75, 3.05) is 26.4 Å². The van der Waals surface area contributed by atoms with Gasteiger partial charge < -0.3 is 29.6 Å². The second-order valence-corrected chi connectivity index (χ2v) is 7.51. The third-order valence-corrected chi connectivity index (χ3v) is 5.52. The van der Waals surface area contributed by atoms with Crippen LogP contribution in [-0.4, -0.2) is 67.8 Å². The first-order valence-corrected chi connectivity index (χ1v) is 9.58. The number of aryl methyl sites for hydroxylation is 1. The summed E-state index contributed by atoms with van der Waals surface area (Å²) in [6, 6.07) is 3.50. The maximum atomic E-state index is 12.4. The molecule has 3 fully saturated rings. The Morgan fingerprint density at radius 2 is 2.00 bits per heavy atom. The molecule has 1 aromatic rings. The van der Waals surface area contributed by atoms with Crippen molar-refractivity contribution in [1.29, 1.82) is 0 Å². The van der Waals surface area contributed by atoms with E-state index in [1.54, 1.807) is 6.20 Å². The standard InChI is InChI=1S/C19H27N3O5/c1-11-8-24-7-5-13(11)21-19(23)22-14-9-25-18-16(10-26-17(14)18)27-15-4-3-6-20-12(15)2/h3-4,6,11,13-14,16-18H,5,7-10H2,1-2H3,(H2,21,22,23)/t11?,13?,14-,16-,17+,18+/m0/s1. The molecule has 0 bridgehead atoms. The smallest absolute Gasteiger partial charge is 0.315 e. The number of nitrogens with zero attached hydrogens (tertiary/aromatic N) is 1. The Balaban J connectivity index is 1.31. The number of nitrogens with one attached hydrogen (secondary N) is 2. The normalized spacial score (nSPS) is 35.5. The molecule has 3 aliphatic heterocycles. The lowest BCUT2D eigenvalue weighted by molar-refractivity contribution is 0.0298. The fourth-order valence-corrected chi connectivity index (χ4v) is 3.92. The van der Waals surface area contributed by atoms with Gasteiger partial charge in [0, 0.05) is 18.8 Å². The topological polar surface area (TPSA) is 90.9 Å². The fraction of sp³-hybridized carbons (Fsp3) is 0.684. The highest BCUT2D eigenvalue weighted by Gasteiger charge is 2.49. The Kier molecular flexibility index (Phi) is 5.47. The summed E-state index contributed by atoms with van der Waals surface area (Å²) < 4.78 is 23.3. The van der Waals surface area contributed by atoms with Crippen molar-refractivity contribution in [2.24, 2.45) is 5.92 Å². The lowest BCUT2D eigenvalue weighted by Gasteiger charge is -2.30. The molecule has 8 heteroatoms. The SMILES string of the molecule is Cc1ncccc1O[C@H]1CO[C@H]2[C@@H]1OC[C@@H]2NC(=O)NC1CCOCC1C. The molecular formula is C19H27N3O5. The third-order valence-electron chi connectivity index (χ3n) is 5.52. The molecule has 0 saturated carbocycles. The monoisotopic (exact) mass is 377 g/mol. The van der Waals surface area contributed by atoms with Crippen LogP contribution in [0.15, 0.2) is 18.3 Å². The molecule has 27 heavy (non-hydrogen) atoms. The molecule has 148 valence electrons. The third kappa shape index (κ3) is 4.02. The Morgan fingerprint density at radius 1 is 1.19 bits per heavy atom. The van der Waals surface area contributed by atoms with Crippen LogP contribution in [0.3, 0.4) is 0 Å². The second kappa shape index (κ2) is 8.00. The molecule has 2 N–H and O–H groups in total. The van der Waals surface area contributed by atoms with Gasteiger partial charge in [-0.1, -0.05) is 6.92 Å². The molecule has 3 aliphatic rings. The summed E-state index contributed by atoms with van der Waals surface area (Å²) in [6.07, 6.45) is 1.96. The van der Waals surface area contributed by atoms with E-state index in [1.807, 2.05) is 19.1 Å². The van der Waals surface area contributed by atoms with Crippen LogP contribution in [0.2, 0.25) is 0 Å². The van der Waals surface area contributed by atoms with Crippen molar-refractivity contribution in [3.63, 3.8) is 0 Å². The summed E-state index contributed by atoms with van der Waals surface area (Å²) >= 11 is 0. The quantitative estimate of drug-likeness (QED) is 0.814. The van der Waals surface area contributed by atoms with Crippen LogP contribution in [0.25, 0.3) is 0 Å². The van der Waals surface area contributed by atoms with Gasteiger partial charge in [0.1, 0.15) is 18.0 Å². The zero-order valence-electron chi connectivity index (χ0n) is 15.7. The highest BCUT2D eigenvalue weighted by molar-refractivity contribution is 5.74. The zero-order valence-corrected chi connectivity index (χ0v) is 15.7. The number of carbonyl (C=O) groups excluding carboxylic acids is 1. The predicted molar refractivity (Wildman–Crippen MR) is 96.7 cm³/mol. The zero-order chi connectivity index (χ0) is 18.8. The van der Waals surface area contributed by atoms with Crippen molar-refractivity contribution in [2.45, 2.75) is 50.7 Å². The van der Waals surface area contributed by atoms with Crippen LogP contribution in [-0.2, 0) is 14.2 Å². The minimum atomic E-state index is -0.205. The largest absolute Gasteiger partial charge is 0.483 e. The van der Waals surface area contributed by atoms with Gasteiger partial charge in [0.25, 0.3) is 0 Å². The Morgan fingerprint density at radius 3 is 2.81 bits per heavy atom. The summed E-state index contributed by atoms with van der Waals surface area (Å²) in [4.78, 5) is 16.6. The van der Waals surface area contributed by atoms with Gasteiger partial charge in [-0.15, -0.1) is 0 Å². The van der Waals surface area contributed by atoms with E-state index in [9.17, 15) is 4.79 Å². The first-order valence-electron chi connectivity index (χ1n) is 9.58. The van der Waals surface area contributed by atoms with Gasteiger partial charge in [0.2, 0.25) is 0 Å². The van der Waals surface area contributed by atoms with E-state index < -0.39 is 0 Å². The lowest BCUT2D eigenvalue weighted by atomic mass is 9.98. The van der Waals surface area contributed by atoms with Crippen LogP contribution in [0, 0.1) is 12.8 Å². The molecule has 1 aromatic heterocycles. The van der Waals surface area contributed by atoms with Crippen molar-refractivity contribution in [1.82, 2.24) is 15.6 Å². The molecule has 2 unspecified atom stereocenters. The lowest BCUT2D eigenvalue weighted by Crippen LogP contribution is -2.53. The molecule has 8 nitrogen and oxygen atoms in total. The average Bonchev–Trinajstić information content (AvgIpc) is 3.23. The first kappa shape index (κ1) is 18.5. The van der Waals surface area contributed by atoms with Crippen LogP contribution in [0.4, 0.5) is 4.79 Å². The number of rotatable bonds is 4. The van der Waals surface area contributed by atoms with Gasteiger partial charge in [0.05, 0.1) is 31.6 Å². The predicted octanol–water partition coefficient (Wildman–Crippen LogP) is 1.03. The average molecular weight is 377 g/mol. The van der Waals surface area contributed by atoms with Crippen molar-refractivity contribution in [3.05, 3.63) is 24.0 Å². The summed E-state index contributed by atoms with van der Waals surface area (Å²) in [6.45, 7) is 6.20. The van der Waals surface area contributed by atoms with E-state index in [0.29, 0.717) is 32.3 Å². The van der Waals surface area contributed by atoms with Gasteiger partial charge in [-0.25, -0.2) is 4.79 Å². The minimum Gasteiger partial charge on any atom is -0.483 e. The van der Waals surface area contributed by atoms with E-state index in [-0.39, 0.29) is 36.4 Å². The van der Waals surface area contributed by atoms with Gasteiger partial charge in [0.15, 0.2) is 6.10 Å². The summed E-state index contributed by atoms with van der Waals surface area (Å²) in [7, 11) is 0. The number of fused-ring (bicyclic) bond motifs is 1. The van der Waals surface area contributed by atoms with Gasteiger partial charge >= 0.3 is 6.03 Å². The minimum absolute atomic E-state index is 0.131. The van der Waals surface area contributed by atoms with E-state index in [1.165, 1.54) is 0 Å². The number of hydrogen-bond acceptors (Lipinski definition) is 6. The highest BCUT2D eigenvalue weighted by atomic mass is 16.6. The summed E-state index contributed by atoms with van der Waals surface area (Å²) in [5.74, 6) is 1.04. The van der Waals surface area contributed by atoms with Crippen LogP contribution < -0.4 is 15.4 Å². The van der Waals surface area contributed by atoms with Crippen LogP contribution in [0.1, 0.15) is 19.0 Å². The second-order valence-electron chi connectivity index (χ2n) is 7.51. The van der Waals surface area contributed by atoms with E-state index in [2.05, 4.69) is 22.5 Å². The molecule has 0 aromatic carbocycles. The van der Waals surface area contributed by atoms with E-state index >= 15 is 0 Å². The highest BCUT2D eigenvalue weighted by Crippen LogP contribution is 2.30. The number of pyridine rings is 1. The molecule has 4 rings (SSSR count). The molecule has 4 heterocycles. The first-order chi connectivity index (χ1) is 13.1. The molecule has 3 saturated heterocycles. The number of carbonyl (C=O) groups is 1. The summed E-state index contributed by atoms with van der Waals surface area (Å²) in [5.41, 5.74) is 0.832. The van der Waals surface area contributed by atoms with Crippen molar-refractivity contribution >= 4 is 6.03 Å². The van der Waals surface area contributed by atoms with Gasteiger partial charge in [-0.2, -0.15) is 0 Å². The van der Waals surface area contributed by atoms with Crippen LogP contribution in [0.5, 0.6) is 5.75 Å². The Bertz CT molecular complexity index is 673. The number of aromatic nitrogens is 1. The van der Waals surface area contributed by atoms with Crippen molar-refractivity contribution in [3.8, 4) is 5.75 Å². The Labute approximate surface area is 158 Å². The van der Waals surface area contributed by atoms with Crippen LogP contribution >= 0.6 is 0 Å². The molecule has 6 atom stereocenters. The van der Waals surface area contributed by atoms with Gasteiger partial charge in [-0.05, 0) is 31.4 Å². The number of urea groups is 1. The van der Waals surface area contributed by atoms with Crippen molar-refractivity contribution < 1.29 is 23.7 Å². The fourth-order valence-electron chi connectivity index (χ4n) is 3.92. The Hall–Kier alpha value is -1.90. The molecule has 0 spiro atoms. The molecule has 0 radical (unpaired) electrons. The van der Waals surface area contributed by atoms with Gasteiger partial charge in [-0.3, -0.25) is 4.98 Å². The molecular weight excluding hydrogens is 350 g/mol.